The van der Waals surface area contributed by atoms with E-state index in [0.717, 1.165) is 76.4 Å². The first-order chi connectivity index (χ1) is 15.2. The minimum Gasteiger partial charge on any atom is -0.379 e. The minimum atomic E-state index is 0. The van der Waals surface area contributed by atoms with Gasteiger partial charge in [-0.2, -0.15) is 5.10 Å². The lowest BCUT2D eigenvalue weighted by atomic mass is 10.1. The predicted octanol–water partition coefficient (Wildman–Crippen LogP) is 1.55. The molecule has 1 unspecified atom stereocenters. The van der Waals surface area contributed by atoms with Crippen molar-refractivity contribution in [2.24, 2.45) is 4.99 Å². The zero-order valence-electron chi connectivity index (χ0n) is 18.9. The fourth-order valence-corrected chi connectivity index (χ4v) is 4.12. The molecule has 32 heavy (non-hydrogen) atoms. The van der Waals surface area contributed by atoms with E-state index in [1.54, 1.807) is 7.11 Å². The number of aryl methyl sites for hydroxylation is 1. The summed E-state index contributed by atoms with van der Waals surface area (Å²) in [6.45, 7) is 6.53. The number of hydrogen-bond donors (Lipinski definition) is 2. The van der Waals surface area contributed by atoms with E-state index in [2.05, 4.69) is 54.9 Å². The number of halogens is 1. The van der Waals surface area contributed by atoms with Crippen molar-refractivity contribution in [3.8, 4) is 0 Å². The monoisotopic (exact) mass is 555 g/mol. The molecule has 2 aliphatic heterocycles. The van der Waals surface area contributed by atoms with E-state index in [-0.39, 0.29) is 30.0 Å². The van der Waals surface area contributed by atoms with Crippen molar-refractivity contribution in [3.05, 3.63) is 47.0 Å². The van der Waals surface area contributed by atoms with Gasteiger partial charge in [0.1, 0.15) is 12.4 Å². The molecule has 0 bridgehead atoms. The molecule has 1 atom stereocenters. The topological polar surface area (TPSA) is 88.8 Å². The average Bonchev–Trinajstić information content (AvgIpc) is 3.20. The third-order valence-corrected chi connectivity index (χ3v) is 5.80. The molecule has 10 heteroatoms. The first kappa shape index (κ1) is 24.9. The Morgan fingerprint density at radius 2 is 2.03 bits per heavy atom. The Balaban J connectivity index is 0.00000289. The van der Waals surface area contributed by atoms with Crippen LogP contribution in [0.3, 0.4) is 0 Å². The number of guanidine groups is 1. The molecule has 1 fully saturated rings. The van der Waals surface area contributed by atoms with Gasteiger partial charge in [-0.3, -0.25) is 9.89 Å². The quantitative estimate of drug-likeness (QED) is 0.305. The summed E-state index contributed by atoms with van der Waals surface area (Å²) < 4.78 is 12.6. The predicted molar refractivity (Wildman–Crippen MR) is 134 cm³/mol. The van der Waals surface area contributed by atoms with Crippen LogP contribution in [0.5, 0.6) is 0 Å². The number of ether oxygens (including phenoxy) is 2. The van der Waals surface area contributed by atoms with Crippen molar-refractivity contribution in [1.82, 2.24) is 30.3 Å². The van der Waals surface area contributed by atoms with E-state index >= 15 is 0 Å². The molecule has 2 aliphatic rings. The fraction of sp³-hybridized carbons (Fsp3) is 0.591. The van der Waals surface area contributed by atoms with Crippen LogP contribution in [0.4, 0.5) is 0 Å². The zero-order valence-corrected chi connectivity index (χ0v) is 21.2. The number of nitrogens with one attached hydrogen (secondary N) is 2. The van der Waals surface area contributed by atoms with Gasteiger partial charge in [0, 0.05) is 52.8 Å². The average molecular weight is 555 g/mol. The molecule has 0 saturated carbocycles. The molecular formula is C22H34IN7O2. The van der Waals surface area contributed by atoms with Crippen LogP contribution in [0.25, 0.3) is 0 Å². The highest BCUT2D eigenvalue weighted by Crippen LogP contribution is 2.15. The second-order valence-corrected chi connectivity index (χ2v) is 8.02. The first-order valence-corrected chi connectivity index (χ1v) is 11.0. The zero-order chi connectivity index (χ0) is 21.5. The van der Waals surface area contributed by atoms with E-state index in [1.165, 1.54) is 11.1 Å². The Morgan fingerprint density at radius 3 is 2.78 bits per heavy atom. The van der Waals surface area contributed by atoms with E-state index in [9.17, 15) is 0 Å². The molecule has 3 heterocycles. The van der Waals surface area contributed by atoms with Crippen molar-refractivity contribution in [1.29, 1.82) is 0 Å². The van der Waals surface area contributed by atoms with Crippen molar-refractivity contribution < 1.29 is 9.47 Å². The maximum Gasteiger partial charge on any atom is 0.191 e. The van der Waals surface area contributed by atoms with E-state index in [1.807, 2.05) is 11.7 Å². The summed E-state index contributed by atoms with van der Waals surface area (Å²) in [5.41, 5.74) is 2.64. The number of benzene rings is 1. The fourth-order valence-electron chi connectivity index (χ4n) is 4.12. The highest BCUT2D eigenvalue weighted by molar-refractivity contribution is 14.0. The molecule has 9 nitrogen and oxygen atoms in total. The van der Waals surface area contributed by atoms with Crippen LogP contribution in [-0.4, -0.2) is 72.1 Å². The van der Waals surface area contributed by atoms with Gasteiger partial charge in [0.15, 0.2) is 11.8 Å². The summed E-state index contributed by atoms with van der Waals surface area (Å²) in [6, 6.07) is 8.88. The lowest BCUT2D eigenvalue weighted by Crippen LogP contribution is -2.47. The van der Waals surface area contributed by atoms with Gasteiger partial charge in [0.25, 0.3) is 0 Å². The summed E-state index contributed by atoms with van der Waals surface area (Å²) in [5.74, 6) is 2.59. The van der Waals surface area contributed by atoms with Crippen LogP contribution in [-0.2, 0) is 42.1 Å². The molecule has 0 radical (unpaired) electrons. The Labute approximate surface area is 207 Å². The van der Waals surface area contributed by atoms with Crippen LogP contribution in [0.2, 0.25) is 0 Å². The summed E-state index contributed by atoms with van der Waals surface area (Å²) in [7, 11) is 3.48. The number of fused-ring (bicyclic) bond motifs is 1. The number of aromatic nitrogens is 3. The standard InChI is InChI=1S/C22H33N7O2.HI/c1-23-22(25-19-7-8-21-26-20(16-30-2)27-29(21)15-19)24-13-17-5-3-4-6-18(17)14-28-9-11-31-12-10-28;/h3-6,19H,7-16H2,1-2H3,(H2,23,24,25);1H. The second-order valence-electron chi connectivity index (χ2n) is 8.02. The van der Waals surface area contributed by atoms with Crippen molar-refractivity contribution in [2.75, 3.05) is 40.5 Å². The van der Waals surface area contributed by atoms with Crippen molar-refractivity contribution in [2.45, 2.75) is 45.1 Å². The molecule has 2 aromatic rings. The van der Waals surface area contributed by atoms with Crippen LogP contribution >= 0.6 is 24.0 Å². The summed E-state index contributed by atoms with van der Waals surface area (Å²) >= 11 is 0. The van der Waals surface area contributed by atoms with E-state index in [0.29, 0.717) is 6.61 Å². The highest BCUT2D eigenvalue weighted by Gasteiger charge is 2.22. The second kappa shape index (κ2) is 12.5. The number of rotatable bonds is 7. The molecule has 0 spiro atoms. The van der Waals surface area contributed by atoms with Gasteiger partial charge in [0.05, 0.1) is 19.8 Å². The van der Waals surface area contributed by atoms with Crippen LogP contribution in [0.1, 0.15) is 29.2 Å². The molecule has 1 aromatic carbocycles. The van der Waals surface area contributed by atoms with Gasteiger partial charge >= 0.3 is 0 Å². The third-order valence-electron chi connectivity index (χ3n) is 5.80. The third kappa shape index (κ3) is 6.63. The molecule has 1 saturated heterocycles. The summed E-state index contributed by atoms with van der Waals surface area (Å²) in [6.07, 6.45) is 1.90. The Hall–Kier alpha value is -1.76. The number of aliphatic imine (C=N–C) groups is 1. The first-order valence-electron chi connectivity index (χ1n) is 11.0. The van der Waals surface area contributed by atoms with Crippen LogP contribution in [0.15, 0.2) is 29.3 Å². The number of morpholine rings is 1. The van der Waals surface area contributed by atoms with E-state index < -0.39 is 0 Å². The maximum absolute atomic E-state index is 5.47. The Bertz CT molecular complexity index is 883. The van der Waals surface area contributed by atoms with E-state index in [4.69, 9.17) is 9.47 Å². The molecule has 0 amide bonds. The Kier molecular flexibility index (Phi) is 9.69. The van der Waals surface area contributed by atoms with Crippen LogP contribution in [0, 0.1) is 0 Å². The molecule has 1 aromatic heterocycles. The number of methoxy groups -OCH3 is 1. The molecule has 2 N–H and O–H groups in total. The van der Waals surface area contributed by atoms with Gasteiger partial charge in [-0.1, -0.05) is 24.3 Å². The van der Waals surface area contributed by atoms with Gasteiger partial charge in [-0.15, -0.1) is 24.0 Å². The SMILES string of the molecule is CN=C(NCc1ccccc1CN1CCOCC1)NC1CCc2nc(COC)nn2C1.I. The Morgan fingerprint density at radius 1 is 1.25 bits per heavy atom. The smallest absolute Gasteiger partial charge is 0.191 e. The van der Waals surface area contributed by atoms with Crippen molar-refractivity contribution in [3.63, 3.8) is 0 Å². The van der Waals surface area contributed by atoms with Gasteiger partial charge in [-0.25, -0.2) is 9.67 Å². The van der Waals surface area contributed by atoms with Gasteiger partial charge in [0.2, 0.25) is 0 Å². The molecule has 4 rings (SSSR count). The lowest BCUT2D eigenvalue weighted by molar-refractivity contribution is 0.0341. The maximum atomic E-state index is 5.47. The van der Waals surface area contributed by atoms with Gasteiger partial charge in [-0.05, 0) is 17.5 Å². The molecular weight excluding hydrogens is 521 g/mol. The highest BCUT2D eigenvalue weighted by atomic mass is 127. The number of nitrogens with zero attached hydrogens (tertiary/aromatic N) is 5. The van der Waals surface area contributed by atoms with Gasteiger partial charge < -0.3 is 20.1 Å². The number of hydrogen-bond acceptors (Lipinski definition) is 6. The minimum absolute atomic E-state index is 0. The van der Waals surface area contributed by atoms with Crippen molar-refractivity contribution >= 4 is 29.9 Å². The molecule has 0 aliphatic carbocycles. The largest absolute Gasteiger partial charge is 0.379 e. The summed E-state index contributed by atoms with van der Waals surface area (Å²) in [4.78, 5) is 11.4. The lowest BCUT2D eigenvalue weighted by Gasteiger charge is -2.28. The summed E-state index contributed by atoms with van der Waals surface area (Å²) in [5, 5.41) is 11.6. The molecule has 176 valence electrons. The normalized spacial score (nSPS) is 19.2. The van der Waals surface area contributed by atoms with Crippen LogP contribution < -0.4 is 10.6 Å².